The van der Waals surface area contributed by atoms with Crippen LogP contribution < -0.4 is 4.74 Å². The Bertz CT molecular complexity index is 297. The summed E-state index contributed by atoms with van der Waals surface area (Å²) in [6.45, 7) is 0. The predicted molar refractivity (Wildman–Crippen MR) is 49.0 cm³/mol. The highest BCUT2D eigenvalue weighted by Crippen LogP contribution is 2.13. The third-order valence-electron chi connectivity index (χ3n) is 1.49. The summed E-state index contributed by atoms with van der Waals surface area (Å²) in [7, 11) is 1.56. The van der Waals surface area contributed by atoms with Crippen molar-refractivity contribution in [2.45, 2.75) is 0 Å². The minimum absolute atomic E-state index is 0.251. The van der Waals surface area contributed by atoms with E-state index in [9.17, 15) is 5.21 Å². The summed E-state index contributed by atoms with van der Waals surface area (Å²) in [5.41, 5.74) is 0.786. The number of benzene rings is 1. The van der Waals surface area contributed by atoms with E-state index in [-0.39, 0.29) is 5.23 Å². The summed E-state index contributed by atoms with van der Waals surface area (Å²) in [6, 6.07) is 7.14. The van der Waals surface area contributed by atoms with Crippen LogP contribution in [0.25, 0.3) is 6.08 Å². The monoisotopic (exact) mass is 180 g/mol. The molecular formula is C9H10NO3-. The van der Waals surface area contributed by atoms with Gasteiger partial charge in [-0.25, -0.2) is 0 Å². The third-order valence-corrected chi connectivity index (χ3v) is 1.49. The van der Waals surface area contributed by atoms with Gasteiger partial charge in [0, 0.05) is 6.20 Å². The fourth-order valence-corrected chi connectivity index (χ4v) is 0.895. The molecule has 1 N–H and O–H groups in total. The zero-order valence-electron chi connectivity index (χ0n) is 7.18. The van der Waals surface area contributed by atoms with Gasteiger partial charge in [0.05, 0.1) is 7.11 Å². The first-order valence-corrected chi connectivity index (χ1v) is 3.70. The van der Waals surface area contributed by atoms with Crippen molar-refractivity contribution < 1.29 is 9.94 Å². The number of ether oxygens (including phenoxy) is 1. The van der Waals surface area contributed by atoms with Gasteiger partial charge in [-0.2, -0.15) is 0 Å². The lowest BCUT2D eigenvalue weighted by Gasteiger charge is -2.14. The molecule has 70 valence electrons. The van der Waals surface area contributed by atoms with Crippen LogP contribution in [0.15, 0.2) is 30.5 Å². The topological polar surface area (TPSA) is 55.8 Å². The molecule has 0 aliphatic heterocycles. The van der Waals surface area contributed by atoms with Crippen LogP contribution in [0.2, 0.25) is 0 Å². The lowest BCUT2D eigenvalue weighted by molar-refractivity contribution is 0.0129. The van der Waals surface area contributed by atoms with Crippen molar-refractivity contribution in [2.24, 2.45) is 0 Å². The van der Waals surface area contributed by atoms with Crippen LogP contribution in [0.1, 0.15) is 5.56 Å². The lowest BCUT2D eigenvalue weighted by Crippen LogP contribution is -1.97. The summed E-state index contributed by atoms with van der Waals surface area (Å²) in [5.74, 6) is 0.706. The second-order valence-corrected chi connectivity index (χ2v) is 2.39. The molecule has 0 bridgehead atoms. The van der Waals surface area contributed by atoms with Crippen molar-refractivity contribution >= 4 is 6.08 Å². The summed E-state index contributed by atoms with van der Waals surface area (Å²) >= 11 is 0. The molecule has 0 atom stereocenters. The van der Waals surface area contributed by atoms with Crippen LogP contribution in [0.5, 0.6) is 5.75 Å². The largest absolute Gasteiger partial charge is 0.734 e. The first kappa shape index (κ1) is 9.57. The Balaban J connectivity index is 2.77. The van der Waals surface area contributed by atoms with Gasteiger partial charge in [-0.3, -0.25) is 5.21 Å². The Hall–Kier alpha value is -1.52. The standard InChI is InChI=1S/C9H10NO3/c1-13-9-4-2-3-8(7-9)5-6-10(11)12/h2-7,11H,1H3/q-1. The molecule has 0 fully saturated rings. The van der Waals surface area contributed by atoms with Gasteiger partial charge >= 0.3 is 0 Å². The van der Waals surface area contributed by atoms with Crippen LogP contribution in [0.3, 0.4) is 0 Å². The number of hydroxylamine groups is 2. The van der Waals surface area contributed by atoms with Gasteiger partial charge in [0.2, 0.25) is 0 Å². The third kappa shape index (κ3) is 3.14. The maximum atomic E-state index is 10.1. The zero-order valence-corrected chi connectivity index (χ0v) is 7.18. The molecule has 0 aromatic heterocycles. The maximum absolute atomic E-state index is 10.1. The van der Waals surface area contributed by atoms with Crippen molar-refractivity contribution in [1.29, 1.82) is 0 Å². The minimum atomic E-state index is -0.251. The van der Waals surface area contributed by atoms with Gasteiger partial charge in [0.1, 0.15) is 5.75 Å². The summed E-state index contributed by atoms with van der Waals surface area (Å²) in [4.78, 5) is 0. The van der Waals surface area contributed by atoms with E-state index in [0.29, 0.717) is 5.75 Å². The van der Waals surface area contributed by atoms with Crippen molar-refractivity contribution in [3.63, 3.8) is 0 Å². The van der Waals surface area contributed by atoms with E-state index in [1.54, 1.807) is 31.4 Å². The Morgan fingerprint density at radius 1 is 1.54 bits per heavy atom. The van der Waals surface area contributed by atoms with Crippen LogP contribution in [0.4, 0.5) is 0 Å². The van der Waals surface area contributed by atoms with Gasteiger partial charge in [0.25, 0.3) is 0 Å². The molecule has 13 heavy (non-hydrogen) atoms. The molecule has 0 unspecified atom stereocenters. The number of nitrogens with zero attached hydrogens (tertiary/aromatic N) is 1. The number of rotatable bonds is 3. The average Bonchev–Trinajstić information content (AvgIpc) is 2.15. The van der Waals surface area contributed by atoms with Gasteiger partial charge in [-0.1, -0.05) is 12.1 Å². The molecular weight excluding hydrogens is 170 g/mol. The number of hydrogen-bond donors (Lipinski definition) is 1. The molecule has 0 heterocycles. The molecule has 0 radical (unpaired) electrons. The predicted octanol–water partition coefficient (Wildman–Crippen LogP) is 1.85. The molecule has 0 spiro atoms. The number of methoxy groups -OCH3 is 1. The van der Waals surface area contributed by atoms with E-state index in [1.807, 2.05) is 0 Å². The van der Waals surface area contributed by atoms with Gasteiger partial charge in [0.15, 0.2) is 0 Å². The van der Waals surface area contributed by atoms with Crippen LogP contribution >= 0.6 is 0 Å². The van der Waals surface area contributed by atoms with Gasteiger partial charge in [-0.05, 0) is 23.8 Å². The molecule has 0 aliphatic rings. The van der Waals surface area contributed by atoms with E-state index < -0.39 is 0 Å². The normalized spacial score (nSPS) is 10.4. The van der Waals surface area contributed by atoms with Crippen molar-refractivity contribution in [1.82, 2.24) is 5.23 Å². The maximum Gasteiger partial charge on any atom is 0.119 e. The van der Waals surface area contributed by atoms with E-state index >= 15 is 0 Å². The fraction of sp³-hybridized carbons (Fsp3) is 0.111. The SMILES string of the molecule is COc1cccc(C=CN([O-])O)c1. The Kier molecular flexibility index (Phi) is 3.31. The molecule has 0 saturated carbocycles. The van der Waals surface area contributed by atoms with E-state index in [2.05, 4.69) is 0 Å². The molecule has 0 amide bonds. The van der Waals surface area contributed by atoms with Crippen molar-refractivity contribution in [3.05, 3.63) is 41.2 Å². The fourth-order valence-electron chi connectivity index (χ4n) is 0.895. The molecule has 4 nitrogen and oxygen atoms in total. The highest BCUT2D eigenvalue weighted by Gasteiger charge is 1.90. The van der Waals surface area contributed by atoms with Gasteiger partial charge < -0.3 is 15.2 Å². The minimum Gasteiger partial charge on any atom is -0.734 e. The summed E-state index contributed by atoms with van der Waals surface area (Å²) < 4.78 is 4.97. The zero-order chi connectivity index (χ0) is 9.68. The van der Waals surface area contributed by atoms with E-state index in [4.69, 9.17) is 9.94 Å². The summed E-state index contributed by atoms with van der Waals surface area (Å²) in [6.07, 6.45) is 2.49. The highest BCUT2D eigenvalue weighted by atomic mass is 16.8. The second-order valence-electron chi connectivity index (χ2n) is 2.39. The van der Waals surface area contributed by atoms with Crippen LogP contribution in [-0.4, -0.2) is 17.5 Å². The Morgan fingerprint density at radius 2 is 2.31 bits per heavy atom. The quantitative estimate of drug-likeness (QED) is 0.721. The van der Waals surface area contributed by atoms with Gasteiger partial charge in [-0.15, -0.1) is 0 Å². The second kappa shape index (κ2) is 4.49. The van der Waals surface area contributed by atoms with E-state index in [0.717, 1.165) is 11.8 Å². The van der Waals surface area contributed by atoms with Crippen molar-refractivity contribution in [2.75, 3.05) is 7.11 Å². The van der Waals surface area contributed by atoms with Crippen LogP contribution in [0, 0.1) is 5.21 Å². The van der Waals surface area contributed by atoms with E-state index in [1.165, 1.54) is 6.08 Å². The number of hydrogen-bond acceptors (Lipinski definition) is 4. The molecule has 1 aromatic carbocycles. The highest BCUT2D eigenvalue weighted by molar-refractivity contribution is 5.51. The smallest absolute Gasteiger partial charge is 0.119 e. The molecule has 0 aliphatic carbocycles. The average molecular weight is 180 g/mol. The molecule has 0 saturated heterocycles. The van der Waals surface area contributed by atoms with Crippen molar-refractivity contribution in [3.8, 4) is 5.75 Å². The molecule has 4 heteroatoms. The van der Waals surface area contributed by atoms with Crippen LogP contribution in [-0.2, 0) is 0 Å². The lowest BCUT2D eigenvalue weighted by atomic mass is 10.2. The first-order valence-electron chi connectivity index (χ1n) is 3.70. The Morgan fingerprint density at radius 3 is 2.92 bits per heavy atom. The molecule has 1 rings (SSSR count). The Labute approximate surface area is 76.2 Å². The first-order chi connectivity index (χ1) is 6.22. The molecule has 1 aromatic rings. The summed E-state index contributed by atoms with van der Waals surface area (Å²) in [5, 5.41) is 18.2.